The molecule has 2 aromatic carbocycles. The van der Waals surface area contributed by atoms with Crippen LogP contribution in [-0.2, 0) is 11.3 Å². The summed E-state index contributed by atoms with van der Waals surface area (Å²) in [7, 11) is 2.73. The van der Waals surface area contributed by atoms with E-state index in [1.54, 1.807) is 18.2 Å². The topological polar surface area (TPSA) is 64.6 Å². The highest BCUT2D eigenvalue weighted by atomic mass is 79.9. The number of hydrogen-bond acceptors (Lipinski definition) is 4. The molecule has 0 fully saturated rings. The number of rotatable bonds is 5. The van der Waals surface area contributed by atoms with Crippen molar-refractivity contribution in [3.05, 3.63) is 63.4 Å². The van der Waals surface area contributed by atoms with Crippen molar-refractivity contribution in [3.63, 3.8) is 0 Å². The van der Waals surface area contributed by atoms with Crippen LogP contribution in [0.2, 0.25) is 0 Å². The molecule has 0 aromatic heterocycles. The summed E-state index contributed by atoms with van der Waals surface area (Å²) in [5.74, 6) is -0.937. The molecule has 5 nitrogen and oxygen atoms in total. The fourth-order valence-corrected chi connectivity index (χ4v) is 2.62. The predicted molar refractivity (Wildman–Crippen MR) is 89.6 cm³/mol. The largest absolute Gasteiger partial charge is 0.496 e. The van der Waals surface area contributed by atoms with Crippen molar-refractivity contribution in [3.8, 4) is 5.75 Å². The van der Waals surface area contributed by atoms with Crippen molar-refractivity contribution in [1.82, 2.24) is 5.32 Å². The molecule has 0 saturated heterocycles. The van der Waals surface area contributed by atoms with Gasteiger partial charge in [0.05, 0.1) is 19.8 Å². The molecular formula is C17H15BrFNO4. The highest BCUT2D eigenvalue weighted by Crippen LogP contribution is 2.21. The first-order chi connectivity index (χ1) is 11.5. The first kappa shape index (κ1) is 17.9. The van der Waals surface area contributed by atoms with E-state index in [-0.39, 0.29) is 18.0 Å². The minimum Gasteiger partial charge on any atom is -0.496 e. The molecule has 7 heteroatoms. The van der Waals surface area contributed by atoms with Crippen molar-refractivity contribution in [2.45, 2.75) is 6.54 Å². The number of esters is 1. The zero-order valence-electron chi connectivity index (χ0n) is 13.1. The highest BCUT2D eigenvalue weighted by Gasteiger charge is 2.15. The van der Waals surface area contributed by atoms with Crippen LogP contribution in [0.25, 0.3) is 0 Å². The summed E-state index contributed by atoms with van der Waals surface area (Å²) in [5, 5.41) is 2.71. The molecule has 24 heavy (non-hydrogen) atoms. The van der Waals surface area contributed by atoms with E-state index in [1.165, 1.54) is 32.4 Å². The van der Waals surface area contributed by atoms with Crippen LogP contribution in [0.3, 0.4) is 0 Å². The Kier molecular flexibility index (Phi) is 5.92. The van der Waals surface area contributed by atoms with Gasteiger partial charge in [0.1, 0.15) is 17.1 Å². The van der Waals surface area contributed by atoms with Crippen molar-refractivity contribution < 1.29 is 23.5 Å². The SMILES string of the molecule is COC(=O)c1cc(CNC(=O)c2ccc(F)cc2Br)ccc1OC. The maximum atomic E-state index is 13.1. The molecule has 1 amide bonds. The number of hydrogen-bond donors (Lipinski definition) is 1. The van der Waals surface area contributed by atoms with Crippen LogP contribution in [-0.4, -0.2) is 26.1 Å². The monoisotopic (exact) mass is 395 g/mol. The molecule has 2 aromatic rings. The third-order valence-electron chi connectivity index (χ3n) is 3.30. The number of carbonyl (C=O) groups excluding carboxylic acids is 2. The second-order valence-electron chi connectivity index (χ2n) is 4.83. The smallest absolute Gasteiger partial charge is 0.341 e. The van der Waals surface area contributed by atoms with E-state index in [4.69, 9.17) is 9.47 Å². The van der Waals surface area contributed by atoms with Gasteiger partial charge in [0.15, 0.2) is 0 Å². The third-order valence-corrected chi connectivity index (χ3v) is 3.95. The lowest BCUT2D eigenvalue weighted by Crippen LogP contribution is -2.23. The van der Waals surface area contributed by atoms with Crippen molar-refractivity contribution in [1.29, 1.82) is 0 Å². The Bertz CT molecular complexity index is 779. The molecule has 0 heterocycles. The van der Waals surface area contributed by atoms with Gasteiger partial charge in [-0.1, -0.05) is 6.07 Å². The average molecular weight is 396 g/mol. The van der Waals surface area contributed by atoms with Crippen LogP contribution >= 0.6 is 15.9 Å². The minimum atomic E-state index is -0.527. The molecule has 1 N–H and O–H groups in total. The lowest BCUT2D eigenvalue weighted by molar-refractivity contribution is 0.0597. The quantitative estimate of drug-likeness (QED) is 0.788. The summed E-state index contributed by atoms with van der Waals surface area (Å²) >= 11 is 3.15. The Balaban J connectivity index is 2.14. The number of nitrogens with one attached hydrogen (secondary N) is 1. The van der Waals surface area contributed by atoms with Gasteiger partial charge in [-0.25, -0.2) is 9.18 Å². The molecule has 0 unspecified atom stereocenters. The van der Waals surface area contributed by atoms with Crippen molar-refractivity contribution in [2.75, 3.05) is 14.2 Å². The number of halogens is 2. The Labute approximate surface area is 146 Å². The number of carbonyl (C=O) groups is 2. The normalized spacial score (nSPS) is 10.2. The minimum absolute atomic E-state index is 0.191. The van der Waals surface area contributed by atoms with E-state index in [9.17, 15) is 14.0 Å². The first-order valence-electron chi connectivity index (χ1n) is 6.94. The van der Waals surface area contributed by atoms with Gasteiger partial charge in [-0.05, 0) is 51.8 Å². The van der Waals surface area contributed by atoms with Crippen LogP contribution in [0.1, 0.15) is 26.3 Å². The van der Waals surface area contributed by atoms with Gasteiger partial charge < -0.3 is 14.8 Å². The molecule has 0 radical (unpaired) electrons. The molecule has 0 bridgehead atoms. The zero-order chi connectivity index (χ0) is 17.7. The van der Waals surface area contributed by atoms with E-state index in [1.807, 2.05) is 0 Å². The lowest BCUT2D eigenvalue weighted by Gasteiger charge is -2.11. The molecule has 2 rings (SSSR count). The highest BCUT2D eigenvalue weighted by molar-refractivity contribution is 9.10. The second kappa shape index (κ2) is 7.92. The summed E-state index contributed by atoms with van der Waals surface area (Å²) in [6.45, 7) is 0.191. The number of amides is 1. The van der Waals surface area contributed by atoms with Crippen molar-refractivity contribution in [2.24, 2.45) is 0 Å². The second-order valence-corrected chi connectivity index (χ2v) is 5.69. The van der Waals surface area contributed by atoms with E-state index >= 15 is 0 Å². The summed E-state index contributed by atoms with van der Waals surface area (Å²) < 4.78 is 23.3. The number of ether oxygens (including phenoxy) is 2. The van der Waals surface area contributed by atoms with E-state index in [0.717, 1.165) is 0 Å². The fourth-order valence-electron chi connectivity index (χ4n) is 2.09. The van der Waals surface area contributed by atoms with Crippen LogP contribution in [0.4, 0.5) is 4.39 Å². The summed E-state index contributed by atoms with van der Waals surface area (Å²) in [4.78, 5) is 23.9. The van der Waals surface area contributed by atoms with E-state index < -0.39 is 11.8 Å². The zero-order valence-corrected chi connectivity index (χ0v) is 14.6. The molecule has 126 valence electrons. The Morgan fingerprint density at radius 2 is 1.88 bits per heavy atom. The first-order valence-corrected chi connectivity index (χ1v) is 7.74. The van der Waals surface area contributed by atoms with Crippen molar-refractivity contribution >= 4 is 27.8 Å². The average Bonchev–Trinajstić information content (AvgIpc) is 2.58. The summed E-state index contributed by atoms with van der Waals surface area (Å²) in [5.41, 5.74) is 1.29. The Morgan fingerprint density at radius 1 is 1.12 bits per heavy atom. The fraction of sp³-hybridized carbons (Fsp3) is 0.176. The predicted octanol–water partition coefficient (Wildman–Crippen LogP) is 3.31. The molecule has 0 aliphatic heterocycles. The summed E-state index contributed by atoms with van der Waals surface area (Å²) in [6.07, 6.45) is 0. The maximum Gasteiger partial charge on any atom is 0.341 e. The van der Waals surface area contributed by atoms with Gasteiger partial charge in [-0.3, -0.25) is 4.79 Å². The number of benzene rings is 2. The van der Waals surface area contributed by atoms with Crippen LogP contribution < -0.4 is 10.1 Å². The van der Waals surface area contributed by atoms with Gasteiger partial charge in [-0.15, -0.1) is 0 Å². The van der Waals surface area contributed by atoms with Gasteiger partial charge >= 0.3 is 5.97 Å². The van der Waals surface area contributed by atoms with Crippen LogP contribution in [0.15, 0.2) is 40.9 Å². The Morgan fingerprint density at radius 3 is 2.50 bits per heavy atom. The molecule has 0 spiro atoms. The van der Waals surface area contributed by atoms with Gasteiger partial charge in [-0.2, -0.15) is 0 Å². The molecule has 0 aliphatic rings. The number of methoxy groups -OCH3 is 2. The molecular weight excluding hydrogens is 381 g/mol. The van der Waals surface area contributed by atoms with Crippen LogP contribution in [0.5, 0.6) is 5.75 Å². The van der Waals surface area contributed by atoms with Gasteiger partial charge in [0.2, 0.25) is 0 Å². The maximum absolute atomic E-state index is 13.1. The third kappa shape index (κ3) is 4.11. The standard InChI is InChI=1S/C17H15BrFNO4/c1-23-15-6-3-10(7-13(15)17(22)24-2)9-20-16(21)12-5-4-11(19)8-14(12)18/h3-8H,9H2,1-2H3,(H,20,21). The molecule has 0 saturated carbocycles. The summed E-state index contributed by atoms with van der Waals surface area (Å²) in [6, 6.07) is 8.76. The van der Waals surface area contributed by atoms with Gasteiger partial charge in [0.25, 0.3) is 5.91 Å². The molecule has 0 aliphatic carbocycles. The Hall–Kier alpha value is -2.41. The molecule has 0 atom stereocenters. The van der Waals surface area contributed by atoms with E-state index in [0.29, 0.717) is 21.3 Å². The van der Waals surface area contributed by atoms with Crippen LogP contribution in [0, 0.1) is 5.82 Å². The van der Waals surface area contributed by atoms with Gasteiger partial charge in [0, 0.05) is 11.0 Å². The van der Waals surface area contributed by atoms with E-state index in [2.05, 4.69) is 21.2 Å². The lowest BCUT2D eigenvalue weighted by atomic mass is 10.1.